The van der Waals surface area contributed by atoms with Gasteiger partial charge in [0.2, 0.25) is 0 Å². The van der Waals surface area contributed by atoms with Crippen molar-refractivity contribution < 1.29 is 9.47 Å². The second kappa shape index (κ2) is 8.62. The van der Waals surface area contributed by atoms with E-state index in [0.717, 1.165) is 32.0 Å². The molecule has 0 saturated heterocycles. The number of thiol groups is 1. The molecule has 0 spiro atoms. The Labute approximate surface area is 103 Å². The number of benzene rings is 1. The highest BCUT2D eigenvalue weighted by molar-refractivity contribution is 7.80. The zero-order valence-electron chi connectivity index (χ0n) is 9.76. The van der Waals surface area contributed by atoms with E-state index in [9.17, 15) is 0 Å². The maximum Gasteiger partial charge on any atom is 0.0542 e. The molecule has 1 aromatic carbocycles. The van der Waals surface area contributed by atoms with E-state index in [1.54, 1.807) is 7.11 Å². The molecular weight excluding hydrogens is 220 g/mol. The minimum absolute atomic E-state index is 0.382. The lowest BCUT2D eigenvalue weighted by molar-refractivity contribution is 0.0963. The van der Waals surface area contributed by atoms with Crippen LogP contribution in [0.5, 0.6) is 0 Å². The fourth-order valence-corrected chi connectivity index (χ4v) is 1.83. The third-order valence-electron chi connectivity index (χ3n) is 2.45. The van der Waals surface area contributed by atoms with E-state index in [1.165, 1.54) is 5.56 Å². The molecule has 0 N–H and O–H groups in total. The van der Waals surface area contributed by atoms with Crippen molar-refractivity contribution in [3.05, 3.63) is 35.9 Å². The maximum absolute atomic E-state index is 5.61. The molecule has 0 amide bonds. The lowest BCUT2D eigenvalue weighted by Gasteiger charge is -2.15. The molecule has 1 aromatic rings. The van der Waals surface area contributed by atoms with Crippen LogP contribution in [0.15, 0.2) is 30.3 Å². The summed E-state index contributed by atoms with van der Waals surface area (Å²) in [6.07, 6.45) is 0.949. The number of ether oxygens (including phenoxy) is 2. The van der Waals surface area contributed by atoms with Crippen molar-refractivity contribution in [2.45, 2.75) is 12.3 Å². The average molecular weight is 240 g/mol. The van der Waals surface area contributed by atoms with Gasteiger partial charge in [-0.1, -0.05) is 30.3 Å². The van der Waals surface area contributed by atoms with Crippen molar-refractivity contribution >= 4 is 12.6 Å². The summed E-state index contributed by atoms with van der Waals surface area (Å²) in [5.41, 5.74) is 1.30. The van der Waals surface area contributed by atoms with Gasteiger partial charge in [-0.25, -0.2) is 0 Å². The monoisotopic (exact) mass is 240 g/mol. The summed E-state index contributed by atoms with van der Waals surface area (Å²) in [6, 6.07) is 10.4. The van der Waals surface area contributed by atoms with E-state index in [0.29, 0.717) is 5.92 Å². The minimum Gasteiger partial charge on any atom is -0.385 e. The molecule has 0 heterocycles. The van der Waals surface area contributed by atoms with E-state index in [2.05, 4.69) is 36.9 Å². The predicted molar refractivity (Wildman–Crippen MR) is 70.3 cm³/mol. The largest absolute Gasteiger partial charge is 0.385 e. The Balaban J connectivity index is 2.27. The molecule has 0 radical (unpaired) electrons. The summed E-state index contributed by atoms with van der Waals surface area (Å²) in [7, 11) is 1.71. The summed E-state index contributed by atoms with van der Waals surface area (Å²) in [4.78, 5) is 0. The Hall–Kier alpha value is -0.510. The Bertz CT molecular complexity index is 264. The summed E-state index contributed by atoms with van der Waals surface area (Å²) < 4.78 is 10.6. The minimum atomic E-state index is 0.382. The predicted octanol–water partition coefficient (Wildman–Crippen LogP) is 2.75. The van der Waals surface area contributed by atoms with Crippen LogP contribution in [0.1, 0.15) is 17.9 Å². The quantitative estimate of drug-likeness (QED) is 0.556. The molecule has 16 heavy (non-hydrogen) atoms. The Kier molecular flexibility index (Phi) is 7.30. The second-order valence-corrected chi connectivity index (χ2v) is 4.08. The van der Waals surface area contributed by atoms with E-state index in [-0.39, 0.29) is 0 Å². The van der Waals surface area contributed by atoms with Gasteiger partial charge in [0.25, 0.3) is 0 Å². The molecular formula is C13H20O2S. The van der Waals surface area contributed by atoms with Gasteiger partial charge in [0.15, 0.2) is 0 Å². The summed E-state index contributed by atoms with van der Waals surface area (Å²) in [6.45, 7) is 2.25. The number of methoxy groups -OCH3 is 1. The lowest BCUT2D eigenvalue weighted by Crippen LogP contribution is -2.11. The molecule has 90 valence electrons. The first-order chi connectivity index (χ1) is 7.88. The molecule has 0 aliphatic carbocycles. The van der Waals surface area contributed by atoms with Gasteiger partial charge in [0, 0.05) is 26.2 Å². The number of rotatable bonds is 8. The third kappa shape index (κ3) is 5.01. The molecule has 0 bridgehead atoms. The first kappa shape index (κ1) is 13.6. The first-order valence-corrected chi connectivity index (χ1v) is 6.24. The van der Waals surface area contributed by atoms with Crippen molar-refractivity contribution in [2.24, 2.45) is 0 Å². The van der Waals surface area contributed by atoms with Gasteiger partial charge < -0.3 is 9.47 Å². The maximum atomic E-state index is 5.61. The Morgan fingerprint density at radius 2 is 1.94 bits per heavy atom. The van der Waals surface area contributed by atoms with Gasteiger partial charge in [-0.3, -0.25) is 0 Å². The molecule has 1 rings (SSSR count). The molecule has 1 atom stereocenters. The standard InChI is InChI=1S/C13H20O2S/c1-14-8-5-9-15-10-13(11-16)12-6-3-2-4-7-12/h2-4,6-7,13,16H,5,8-11H2,1H3. The van der Waals surface area contributed by atoms with Gasteiger partial charge in [0.05, 0.1) is 6.61 Å². The topological polar surface area (TPSA) is 18.5 Å². The van der Waals surface area contributed by atoms with Gasteiger partial charge >= 0.3 is 0 Å². The highest BCUT2D eigenvalue weighted by Crippen LogP contribution is 2.17. The van der Waals surface area contributed by atoms with Crippen LogP contribution in [0.2, 0.25) is 0 Å². The van der Waals surface area contributed by atoms with Crippen LogP contribution in [-0.2, 0) is 9.47 Å². The zero-order chi connectivity index (χ0) is 11.6. The molecule has 3 heteroatoms. The van der Waals surface area contributed by atoms with Crippen LogP contribution in [-0.4, -0.2) is 32.7 Å². The van der Waals surface area contributed by atoms with Crippen LogP contribution in [0.3, 0.4) is 0 Å². The third-order valence-corrected chi connectivity index (χ3v) is 2.89. The smallest absolute Gasteiger partial charge is 0.0542 e. The fraction of sp³-hybridized carbons (Fsp3) is 0.538. The second-order valence-electron chi connectivity index (χ2n) is 3.71. The van der Waals surface area contributed by atoms with Crippen molar-refractivity contribution in [3.63, 3.8) is 0 Å². The molecule has 0 aromatic heterocycles. The van der Waals surface area contributed by atoms with Crippen molar-refractivity contribution in [1.82, 2.24) is 0 Å². The van der Waals surface area contributed by atoms with Crippen molar-refractivity contribution in [2.75, 3.05) is 32.7 Å². The summed E-state index contributed by atoms with van der Waals surface area (Å²) >= 11 is 4.37. The van der Waals surface area contributed by atoms with E-state index < -0.39 is 0 Å². The highest BCUT2D eigenvalue weighted by atomic mass is 32.1. The average Bonchev–Trinajstić information content (AvgIpc) is 2.35. The van der Waals surface area contributed by atoms with E-state index >= 15 is 0 Å². The molecule has 2 nitrogen and oxygen atoms in total. The molecule has 0 aliphatic heterocycles. The van der Waals surface area contributed by atoms with Crippen molar-refractivity contribution in [3.8, 4) is 0 Å². The van der Waals surface area contributed by atoms with Crippen LogP contribution in [0, 0.1) is 0 Å². The zero-order valence-corrected chi connectivity index (χ0v) is 10.7. The number of hydrogen-bond acceptors (Lipinski definition) is 3. The van der Waals surface area contributed by atoms with Crippen molar-refractivity contribution in [1.29, 1.82) is 0 Å². The molecule has 0 saturated carbocycles. The Morgan fingerprint density at radius 1 is 1.19 bits per heavy atom. The summed E-state index contributed by atoms with van der Waals surface area (Å²) in [5, 5.41) is 0. The van der Waals surface area contributed by atoms with Crippen LogP contribution in [0.4, 0.5) is 0 Å². The van der Waals surface area contributed by atoms with Crippen LogP contribution in [0.25, 0.3) is 0 Å². The Morgan fingerprint density at radius 3 is 2.56 bits per heavy atom. The lowest BCUT2D eigenvalue weighted by atomic mass is 10.0. The molecule has 1 unspecified atom stereocenters. The first-order valence-electron chi connectivity index (χ1n) is 5.61. The molecule has 0 fully saturated rings. The van der Waals surface area contributed by atoms with Gasteiger partial charge in [-0.15, -0.1) is 0 Å². The van der Waals surface area contributed by atoms with Crippen LogP contribution >= 0.6 is 12.6 Å². The summed E-state index contributed by atoms with van der Waals surface area (Å²) in [5.74, 6) is 1.20. The fourth-order valence-electron chi connectivity index (χ4n) is 1.51. The van der Waals surface area contributed by atoms with E-state index in [1.807, 2.05) is 6.07 Å². The SMILES string of the molecule is COCCCOCC(CS)c1ccccc1. The van der Waals surface area contributed by atoms with Gasteiger partial charge in [0.1, 0.15) is 0 Å². The van der Waals surface area contributed by atoms with E-state index in [4.69, 9.17) is 9.47 Å². The molecule has 0 aliphatic rings. The van der Waals surface area contributed by atoms with Gasteiger partial charge in [-0.05, 0) is 17.7 Å². The normalized spacial score (nSPS) is 12.6. The number of hydrogen-bond donors (Lipinski definition) is 1. The van der Waals surface area contributed by atoms with Gasteiger partial charge in [-0.2, -0.15) is 12.6 Å². The van der Waals surface area contributed by atoms with Crippen LogP contribution < -0.4 is 0 Å². The highest BCUT2D eigenvalue weighted by Gasteiger charge is 2.08.